The van der Waals surface area contributed by atoms with Crippen LogP contribution in [-0.4, -0.2) is 0 Å². The predicted octanol–water partition coefficient (Wildman–Crippen LogP) is 3.89. The molecule has 0 spiro atoms. The molecule has 78 valence electrons. The molecule has 2 aromatic rings. The number of thiophene rings is 1. The second-order valence-electron chi connectivity index (χ2n) is 3.42. The van der Waals surface area contributed by atoms with Crippen LogP contribution >= 0.6 is 11.3 Å². The first-order valence-electron chi connectivity index (χ1n) is 5.11. The van der Waals surface area contributed by atoms with Crippen LogP contribution in [0.1, 0.15) is 18.1 Å². The van der Waals surface area contributed by atoms with E-state index >= 15 is 0 Å². The van der Waals surface area contributed by atoms with E-state index in [9.17, 15) is 0 Å². The van der Waals surface area contributed by atoms with Crippen LogP contribution in [0.3, 0.4) is 0 Å². The molecule has 0 aliphatic carbocycles. The molecule has 0 atom stereocenters. The maximum atomic E-state index is 5.70. The molecule has 1 aromatic carbocycles. The van der Waals surface area contributed by atoms with Crippen molar-refractivity contribution in [2.45, 2.75) is 20.0 Å². The van der Waals surface area contributed by atoms with Gasteiger partial charge in [0.05, 0.1) is 0 Å². The molecular weight excluding hydrogens is 204 g/mol. The van der Waals surface area contributed by atoms with Crippen LogP contribution in [0.25, 0.3) is 0 Å². The Morgan fingerprint density at radius 1 is 1.20 bits per heavy atom. The zero-order valence-electron chi connectivity index (χ0n) is 8.77. The molecule has 0 N–H and O–H groups in total. The summed E-state index contributed by atoms with van der Waals surface area (Å²) in [6.07, 6.45) is 1.05. The molecule has 0 aliphatic rings. The fourth-order valence-corrected chi connectivity index (χ4v) is 2.05. The third-order valence-electron chi connectivity index (χ3n) is 2.29. The van der Waals surface area contributed by atoms with Gasteiger partial charge in [0.15, 0.2) is 0 Å². The quantitative estimate of drug-likeness (QED) is 0.756. The smallest absolute Gasteiger partial charge is 0.120 e. The SMILES string of the molecule is CCc1cccc(OCc2ccsc2)c1. The first kappa shape index (κ1) is 10.2. The topological polar surface area (TPSA) is 9.23 Å². The van der Waals surface area contributed by atoms with Crippen LogP contribution in [0.4, 0.5) is 0 Å². The molecule has 2 heteroatoms. The minimum Gasteiger partial charge on any atom is -0.489 e. The van der Waals surface area contributed by atoms with Crippen LogP contribution in [0.5, 0.6) is 5.75 Å². The Morgan fingerprint density at radius 2 is 2.13 bits per heavy atom. The van der Waals surface area contributed by atoms with Gasteiger partial charge < -0.3 is 4.74 Å². The molecule has 0 radical (unpaired) electrons. The van der Waals surface area contributed by atoms with Gasteiger partial charge in [0.25, 0.3) is 0 Å². The maximum absolute atomic E-state index is 5.70. The van der Waals surface area contributed by atoms with Crippen molar-refractivity contribution < 1.29 is 4.74 Å². The zero-order valence-corrected chi connectivity index (χ0v) is 9.59. The van der Waals surface area contributed by atoms with Crippen LogP contribution in [0.2, 0.25) is 0 Å². The van der Waals surface area contributed by atoms with Crippen LogP contribution in [0.15, 0.2) is 41.1 Å². The highest BCUT2D eigenvalue weighted by atomic mass is 32.1. The van der Waals surface area contributed by atoms with Gasteiger partial charge in [-0.2, -0.15) is 11.3 Å². The minimum atomic E-state index is 0.663. The Morgan fingerprint density at radius 3 is 2.87 bits per heavy atom. The van der Waals surface area contributed by atoms with E-state index in [4.69, 9.17) is 4.74 Å². The van der Waals surface area contributed by atoms with E-state index < -0.39 is 0 Å². The highest BCUT2D eigenvalue weighted by Gasteiger charge is 1.97. The van der Waals surface area contributed by atoms with Crippen LogP contribution in [0, 0.1) is 0 Å². The monoisotopic (exact) mass is 218 g/mol. The van der Waals surface area contributed by atoms with Crippen LogP contribution in [-0.2, 0) is 13.0 Å². The average Bonchev–Trinajstić information content (AvgIpc) is 2.79. The van der Waals surface area contributed by atoms with Gasteiger partial charge in [0, 0.05) is 0 Å². The van der Waals surface area contributed by atoms with Crippen molar-refractivity contribution in [1.82, 2.24) is 0 Å². The van der Waals surface area contributed by atoms with Crippen molar-refractivity contribution in [3.63, 3.8) is 0 Å². The predicted molar refractivity (Wildman–Crippen MR) is 64.5 cm³/mol. The Kier molecular flexibility index (Phi) is 3.41. The lowest BCUT2D eigenvalue weighted by atomic mass is 10.2. The summed E-state index contributed by atoms with van der Waals surface area (Å²) in [5, 5.41) is 4.19. The number of rotatable bonds is 4. The van der Waals surface area contributed by atoms with E-state index in [1.807, 2.05) is 12.1 Å². The molecule has 0 bridgehead atoms. The average molecular weight is 218 g/mol. The standard InChI is InChI=1S/C13H14OS/c1-2-11-4-3-5-13(8-11)14-9-12-6-7-15-10-12/h3-8,10H,2,9H2,1H3. The van der Waals surface area contributed by atoms with E-state index in [-0.39, 0.29) is 0 Å². The Labute approximate surface area is 94.3 Å². The fraction of sp³-hybridized carbons (Fsp3) is 0.231. The summed E-state index contributed by atoms with van der Waals surface area (Å²) < 4.78 is 5.70. The van der Waals surface area contributed by atoms with E-state index in [1.165, 1.54) is 11.1 Å². The first-order chi connectivity index (χ1) is 7.38. The fourth-order valence-electron chi connectivity index (χ4n) is 1.40. The van der Waals surface area contributed by atoms with Crippen molar-refractivity contribution >= 4 is 11.3 Å². The largest absolute Gasteiger partial charge is 0.489 e. The maximum Gasteiger partial charge on any atom is 0.120 e. The third-order valence-corrected chi connectivity index (χ3v) is 3.02. The molecule has 1 aromatic heterocycles. The summed E-state index contributed by atoms with van der Waals surface area (Å²) in [5.41, 5.74) is 2.56. The number of hydrogen-bond donors (Lipinski definition) is 0. The summed E-state index contributed by atoms with van der Waals surface area (Å²) in [5.74, 6) is 0.959. The minimum absolute atomic E-state index is 0.663. The summed E-state index contributed by atoms with van der Waals surface area (Å²) in [4.78, 5) is 0. The summed E-state index contributed by atoms with van der Waals surface area (Å²) in [6.45, 7) is 2.81. The normalized spacial score (nSPS) is 10.2. The van der Waals surface area contributed by atoms with Crippen molar-refractivity contribution in [3.8, 4) is 5.75 Å². The number of benzene rings is 1. The number of aryl methyl sites for hydroxylation is 1. The zero-order chi connectivity index (χ0) is 10.5. The molecule has 0 saturated carbocycles. The lowest BCUT2D eigenvalue weighted by Crippen LogP contribution is -1.94. The van der Waals surface area contributed by atoms with Gasteiger partial charge in [-0.3, -0.25) is 0 Å². The molecule has 0 fully saturated rings. The van der Waals surface area contributed by atoms with E-state index in [1.54, 1.807) is 11.3 Å². The molecule has 0 saturated heterocycles. The van der Waals surface area contributed by atoms with Gasteiger partial charge in [-0.05, 0) is 46.5 Å². The van der Waals surface area contributed by atoms with Crippen molar-refractivity contribution in [2.24, 2.45) is 0 Å². The van der Waals surface area contributed by atoms with Gasteiger partial charge in [-0.15, -0.1) is 0 Å². The van der Waals surface area contributed by atoms with Crippen LogP contribution < -0.4 is 4.74 Å². The van der Waals surface area contributed by atoms with Gasteiger partial charge >= 0.3 is 0 Å². The second-order valence-corrected chi connectivity index (χ2v) is 4.20. The van der Waals surface area contributed by atoms with E-state index in [0.29, 0.717) is 6.61 Å². The first-order valence-corrected chi connectivity index (χ1v) is 6.05. The second kappa shape index (κ2) is 4.99. The van der Waals surface area contributed by atoms with Crippen molar-refractivity contribution in [3.05, 3.63) is 52.2 Å². The molecule has 2 rings (SSSR count). The molecule has 1 heterocycles. The number of hydrogen-bond acceptors (Lipinski definition) is 2. The Hall–Kier alpha value is -1.28. The summed E-state index contributed by atoms with van der Waals surface area (Å²) >= 11 is 1.70. The lowest BCUT2D eigenvalue weighted by Gasteiger charge is -2.05. The lowest BCUT2D eigenvalue weighted by molar-refractivity contribution is 0.306. The molecule has 0 amide bonds. The van der Waals surface area contributed by atoms with Crippen molar-refractivity contribution in [1.29, 1.82) is 0 Å². The molecule has 15 heavy (non-hydrogen) atoms. The molecule has 0 aliphatic heterocycles. The van der Waals surface area contributed by atoms with Gasteiger partial charge in [0.2, 0.25) is 0 Å². The Bertz CT molecular complexity index is 406. The summed E-state index contributed by atoms with van der Waals surface area (Å²) in [6, 6.07) is 10.4. The summed E-state index contributed by atoms with van der Waals surface area (Å²) in [7, 11) is 0. The van der Waals surface area contributed by atoms with Gasteiger partial charge in [-0.25, -0.2) is 0 Å². The Balaban J connectivity index is 1.98. The van der Waals surface area contributed by atoms with E-state index in [2.05, 4.69) is 35.9 Å². The van der Waals surface area contributed by atoms with Gasteiger partial charge in [-0.1, -0.05) is 19.1 Å². The molecule has 1 nitrogen and oxygen atoms in total. The van der Waals surface area contributed by atoms with Crippen molar-refractivity contribution in [2.75, 3.05) is 0 Å². The highest BCUT2D eigenvalue weighted by molar-refractivity contribution is 7.07. The highest BCUT2D eigenvalue weighted by Crippen LogP contribution is 2.16. The number of ether oxygens (including phenoxy) is 1. The van der Waals surface area contributed by atoms with E-state index in [0.717, 1.165) is 12.2 Å². The van der Waals surface area contributed by atoms with Gasteiger partial charge in [0.1, 0.15) is 12.4 Å². The molecule has 0 unspecified atom stereocenters. The third kappa shape index (κ3) is 2.83. The molecular formula is C13H14OS.